The van der Waals surface area contributed by atoms with Gasteiger partial charge in [0.2, 0.25) is 11.7 Å². The molecule has 18 heavy (non-hydrogen) atoms. The van der Waals surface area contributed by atoms with Crippen molar-refractivity contribution in [2.24, 2.45) is 5.10 Å². The largest absolute Gasteiger partial charge is 0.323 e. The Labute approximate surface area is 103 Å². The molecule has 0 fully saturated rings. The van der Waals surface area contributed by atoms with Gasteiger partial charge in [-0.15, -0.1) is 5.10 Å². The van der Waals surface area contributed by atoms with Gasteiger partial charge in [0.1, 0.15) is 0 Å². The van der Waals surface area contributed by atoms with Crippen molar-refractivity contribution in [3.05, 3.63) is 29.8 Å². The zero-order valence-corrected chi connectivity index (χ0v) is 9.93. The predicted octanol–water partition coefficient (Wildman–Crippen LogP) is 0.360. The van der Waals surface area contributed by atoms with E-state index in [2.05, 4.69) is 10.4 Å². The van der Waals surface area contributed by atoms with E-state index in [1.807, 2.05) is 6.92 Å². The number of carbonyl (C=O) groups is 3. The van der Waals surface area contributed by atoms with Gasteiger partial charge in [-0.1, -0.05) is 17.7 Å². The highest BCUT2D eigenvalue weighted by Crippen LogP contribution is 2.19. The third-order valence-electron chi connectivity index (χ3n) is 2.37. The Morgan fingerprint density at radius 3 is 2.39 bits per heavy atom. The van der Waals surface area contributed by atoms with Gasteiger partial charge in [-0.2, -0.15) is 5.01 Å². The molecular formula is C12H11N3O3. The first-order valence-corrected chi connectivity index (χ1v) is 5.30. The minimum atomic E-state index is -0.814. The fourth-order valence-corrected chi connectivity index (χ4v) is 1.50. The maximum absolute atomic E-state index is 11.7. The molecular weight excluding hydrogens is 234 g/mol. The van der Waals surface area contributed by atoms with E-state index < -0.39 is 17.6 Å². The number of nitrogens with zero attached hydrogens (tertiary/aromatic N) is 2. The van der Waals surface area contributed by atoms with Crippen LogP contribution in [-0.2, 0) is 14.4 Å². The Morgan fingerprint density at radius 2 is 1.83 bits per heavy atom. The van der Waals surface area contributed by atoms with Crippen LogP contribution in [0.1, 0.15) is 12.5 Å². The lowest BCUT2D eigenvalue weighted by Gasteiger charge is -2.10. The number of benzene rings is 1. The first-order chi connectivity index (χ1) is 8.49. The monoisotopic (exact) mass is 245 g/mol. The van der Waals surface area contributed by atoms with Gasteiger partial charge in [0.25, 0.3) is 5.78 Å². The van der Waals surface area contributed by atoms with Crippen LogP contribution in [0.5, 0.6) is 0 Å². The molecule has 0 aliphatic carbocycles. The van der Waals surface area contributed by atoms with E-state index in [4.69, 9.17) is 0 Å². The molecule has 1 aliphatic rings. The Morgan fingerprint density at radius 1 is 1.22 bits per heavy atom. The minimum Gasteiger partial charge on any atom is -0.306 e. The molecule has 6 heteroatoms. The van der Waals surface area contributed by atoms with Gasteiger partial charge in [-0.3, -0.25) is 14.4 Å². The van der Waals surface area contributed by atoms with Crippen LogP contribution in [0.25, 0.3) is 0 Å². The molecule has 1 heterocycles. The summed E-state index contributed by atoms with van der Waals surface area (Å²) in [7, 11) is 0. The van der Waals surface area contributed by atoms with E-state index >= 15 is 0 Å². The molecule has 1 aromatic carbocycles. The second kappa shape index (κ2) is 4.40. The summed E-state index contributed by atoms with van der Waals surface area (Å²) in [5, 5.41) is 7.02. The summed E-state index contributed by atoms with van der Waals surface area (Å²) in [5.74, 6) is -2.28. The fourth-order valence-electron chi connectivity index (χ4n) is 1.50. The summed E-state index contributed by atoms with van der Waals surface area (Å²) in [5.41, 5.74) is 1.52. The van der Waals surface area contributed by atoms with Crippen molar-refractivity contribution in [3.63, 3.8) is 0 Å². The number of aryl methyl sites for hydroxylation is 1. The van der Waals surface area contributed by atoms with Crippen LogP contribution in [0.3, 0.4) is 0 Å². The number of hydrazone groups is 1. The highest BCUT2D eigenvalue weighted by Gasteiger charge is 2.35. The molecule has 0 unspecified atom stereocenters. The number of amidine groups is 1. The maximum Gasteiger partial charge on any atom is 0.323 e. The van der Waals surface area contributed by atoms with E-state index in [-0.39, 0.29) is 5.84 Å². The zero-order chi connectivity index (χ0) is 13.3. The summed E-state index contributed by atoms with van der Waals surface area (Å²) in [6, 6.07) is 6.97. The number of amides is 2. The standard InChI is InChI=1S/C12H11N3O3/c1-7-3-5-9(6-4-7)15-12(18)10(17)11(14-15)13-8(2)16/h3-6H,1-2H3,(H,13,14,16). The van der Waals surface area contributed by atoms with E-state index in [9.17, 15) is 14.4 Å². The van der Waals surface area contributed by atoms with E-state index in [1.165, 1.54) is 6.92 Å². The van der Waals surface area contributed by atoms with Crippen LogP contribution in [0.15, 0.2) is 29.4 Å². The van der Waals surface area contributed by atoms with E-state index in [0.717, 1.165) is 10.6 Å². The van der Waals surface area contributed by atoms with E-state index in [1.54, 1.807) is 24.3 Å². The summed E-state index contributed by atoms with van der Waals surface area (Å²) in [6.45, 7) is 3.15. The smallest absolute Gasteiger partial charge is 0.306 e. The molecule has 0 atom stereocenters. The number of anilines is 1. The van der Waals surface area contributed by atoms with Crippen LogP contribution in [0.4, 0.5) is 5.69 Å². The molecule has 0 aromatic heterocycles. The molecule has 0 saturated carbocycles. The number of ketones is 1. The number of rotatable bonds is 1. The van der Waals surface area contributed by atoms with Gasteiger partial charge in [0.15, 0.2) is 0 Å². The van der Waals surface area contributed by atoms with Gasteiger partial charge >= 0.3 is 5.91 Å². The Bertz CT molecular complexity index is 560. The highest BCUT2D eigenvalue weighted by atomic mass is 16.2. The summed E-state index contributed by atoms with van der Waals surface area (Å²) in [6.07, 6.45) is 0. The summed E-state index contributed by atoms with van der Waals surface area (Å²) in [4.78, 5) is 34.1. The molecule has 1 aliphatic heterocycles. The first kappa shape index (κ1) is 12.0. The quantitative estimate of drug-likeness (QED) is 0.725. The highest BCUT2D eigenvalue weighted by molar-refractivity contribution is 6.69. The molecule has 0 saturated heterocycles. The van der Waals surface area contributed by atoms with Gasteiger partial charge in [-0.05, 0) is 19.1 Å². The third kappa shape index (κ3) is 2.13. The Hall–Kier alpha value is -2.50. The molecule has 2 amide bonds. The second-order valence-electron chi connectivity index (χ2n) is 3.91. The van der Waals surface area contributed by atoms with Crippen LogP contribution in [0, 0.1) is 6.92 Å². The SMILES string of the molecule is CC(=O)NC1=NN(c2ccc(C)cc2)C(=O)C1=O. The van der Waals surface area contributed by atoms with E-state index in [0.29, 0.717) is 5.69 Å². The lowest BCUT2D eigenvalue weighted by molar-refractivity contribution is -0.131. The molecule has 6 nitrogen and oxygen atoms in total. The molecule has 1 N–H and O–H groups in total. The fraction of sp³-hybridized carbons (Fsp3) is 0.167. The number of carbonyl (C=O) groups excluding carboxylic acids is 3. The number of nitrogens with one attached hydrogen (secondary N) is 1. The van der Waals surface area contributed by atoms with Crippen molar-refractivity contribution < 1.29 is 14.4 Å². The van der Waals surface area contributed by atoms with Crippen LogP contribution >= 0.6 is 0 Å². The van der Waals surface area contributed by atoms with Crippen LogP contribution in [0.2, 0.25) is 0 Å². The maximum atomic E-state index is 11.7. The van der Waals surface area contributed by atoms with Crippen molar-refractivity contribution in [2.45, 2.75) is 13.8 Å². The third-order valence-corrected chi connectivity index (χ3v) is 2.37. The zero-order valence-electron chi connectivity index (χ0n) is 9.93. The predicted molar refractivity (Wildman–Crippen MR) is 64.9 cm³/mol. The van der Waals surface area contributed by atoms with Crippen molar-refractivity contribution in [2.75, 3.05) is 5.01 Å². The normalized spacial score (nSPS) is 14.8. The van der Waals surface area contributed by atoms with Crippen molar-refractivity contribution in [1.29, 1.82) is 0 Å². The molecule has 0 radical (unpaired) electrons. The Balaban J connectivity index is 2.31. The van der Waals surface area contributed by atoms with Gasteiger partial charge in [0.05, 0.1) is 5.69 Å². The van der Waals surface area contributed by atoms with Gasteiger partial charge < -0.3 is 5.32 Å². The summed E-state index contributed by atoms with van der Waals surface area (Å²) >= 11 is 0. The van der Waals surface area contributed by atoms with Crippen LogP contribution < -0.4 is 10.3 Å². The van der Waals surface area contributed by atoms with Gasteiger partial charge in [-0.25, -0.2) is 0 Å². The van der Waals surface area contributed by atoms with Crippen molar-refractivity contribution >= 4 is 29.1 Å². The van der Waals surface area contributed by atoms with Gasteiger partial charge in [0, 0.05) is 6.92 Å². The minimum absolute atomic E-state index is 0.243. The summed E-state index contributed by atoms with van der Waals surface area (Å²) < 4.78 is 0. The average Bonchev–Trinajstić information content (AvgIpc) is 2.58. The average molecular weight is 245 g/mol. The number of hydrogen-bond acceptors (Lipinski definition) is 4. The lowest BCUT2D eigenvalue weighted by Crippen LogP contribution is -2.35. The molecule has 2 rings (SSSR count). The molecule has 92 valence electrons. The number of hydrogen-bond donors (Lipinski definition) is 1. The van der Waals surface area contributed by atoms with Crippen LogP contribution in [-0.4, -0.2) is 23.4 Å². The molecule has 0 spiro atoms. The van der Waals surface area contributed by atoms with Crippen molar-refractivity contribution in [1.82, 2.24) is 5.32 Å². The second-order valence-corrected chi connectivity index (χ2v) is 3.91. The topological polar surface area (TPSA) is 78.8 Å². The number of Topliss-reactive ketones (excluding diaryl/α,β-unsaturated/α-hetero) is 1. The molecule has 0 bridgehead atoms. The first-order valence-electron chi connectivity index (χ1n) is 5.30. The lowest BCUT2D eigenvalue weighted by atomic mass is 10.2. The van der Waals surface area contributed by atoms with Crippen molar-refractivity contribution in [3.8, 4) is 0 Å². The Kier molecular flexibility index (Phi) is 2.93. The molecule has 1 aromatic rings.